The summed E-state index contributed by atoms with van der Waals surface area (Å²) >= 11 is 5.50. The van der Waals surface area contributed by atoms with Crippen molar-refractivity contribution >= 4 is 17.7 Å². The average Bonchev–Trinajstić information content (AvgIpc) is 2.16. The van der Waals surface area contributed by atoms with Gasteiger partial charge in [-0.15, -0.1) is 11.6 Å². The molecule has 0 aromatic carbocycles. The van der Waals surface area contributed by atoms with Crippen LogP contribution in [0.1, 0.15) is 26.2 Å². The van der Waals surface area contributed by atoms with E-state index >= 15 is 0 Å². The molecule has 0 saturated heterocycles. The van der Waals surface area contributed by atoms with Crippen LogP contribution in [-0.2, 0) is 4.74 Å². The van der Waals surface area contributed by atoms with Gasteiger partial charge >= 0.3 is 6.09 Å². The summed E-state index contributed by atoms with van der Waals surface area (Å²) in [7, 11) is 1.72. The number of halogens is 1. The monoisotopic (exact) mass is 207 g/mol. The van der Waals surface area contributed by atoms with Crippen LogP contribution in [0.4, 0.5) is 4.79 Å². The lowest BCUT2D eigenvalue weighted by Gasteiger charge is -2.13. The minimum absolute atomic E-state index is 0.242. The number of nitrogens with zero attached hydrogens (tertiary/aromatic N) is 1. The summed E-state index contributed by atoms with van der Waals surface area (Å²) in [6, 6.07) is 0. The zero-order valence-corrected chi connectivity index (χ0v) is 9.14. The molecule has 0 N–H and O–H groups in total. The van der Waals surface area contributed by atoms with Gasteiger partial charge in [0.1, 0.15) is 0 Å². The van der Waals surface area contributed by atoms with E-state index in [1.54, 1.807) is 11.9 Å². The van der Waals surface area contributed by atoms with Crippen molar-refractivity contribution in [3.05, 3.63) is 0 Å². The number of unbranched alkanes of at least 4 members (excludes halogenated alkanes) is 2. The van der Waals surface area contributed by atoms with Crippen molar-refractivity contribution in [1.82, 2.24) is 4.90 Å². The van der Waals surface area contributed by atoms with Gasteiger partial charge in [-0.25, -0.2) is 4.79 Å². The third-order valence-corrected chi connectivity index (χ3v) is 2.06. The second kappa shape index (κ2) is 8.17. The number of hydrogen-bond donors (Lipinski definition) is 0. The van der Waals surface area contributed by atoms with Crippen LogP contribution < -0.4 is 0 Å². The van der Waals surface area contributed by atoms with Gasteiger partial charge in [0.2, 0.25) is 0 Å². The minimum atomic E-state index is -0.242. The number of alkyl halides is 1. The molecule has 0 spiro atoms. The molecule has 3 nitrogen and oxygen atoms in total. The van der Waals surface area contributed by atoms with E-state index < -0.39 is 0 Å². The topological polar surface area (TPSA) is 29.5 Å². The quantitative estimate of drug-likeness (QED) is 0.495. The molecular weight excluding hydrogens is 190 g/mol. The van der Waals surface area contributed by atoms with E-state index in [-0.39, 0.29) is 6.09 Å². The summed E-state index contributed by atoms with van der Waals surface area (Å²) in [4.78, 5) is 12.6. The second-order valence-corrected chi connectivity index (χ2v) is 3.26. The van der Waals surface area contributed by atoms with Crippen molar-refractivity contribution in [2.45, 2.75) is 26.2 Å². The van der Waals surface area contributed by atoms with Crippen molar-refractivity contribution in [1.29, 1.82) is 0 Å². The zero-order chi connectivity index (χ0) is 10.1. The summed E-state index contributed by atoms with van der Waals surface area (Å²) in [6.07, 6.45) is 2.67. The molecule has 0 aromatic heterocycles. The molecule has 0 aromatic rings. The molecule has 4 heteroatoms. The van der Waals surface area contributed by atoms with Gasteiger partial charge in [0.15, 0.2) is 0 Å². The van der Waals surface area contributed by atoms with Crippen LogP contribution in [-0.4, -0.2) is 37.1 Å². The molecule has 0 saturated carbocycles. The Labute approximate surface area is 85.0 Å². The first-order valence-corrected chi connectivity index (χ1v) is 5.19. The SMILES string of the molecule is CCN(C)C(=O)OCCCCCCl. The fraction of sp³-hybridized carbons (Fsp3) is 0.889. The maximum Gasteiger partial charge on any atom is 0.409 e. The van der Waals surface area contributed by atoms with Crippen LogP contribution in [0.25, 0.3) is 0 Å². The fourth-order valence-corrected chi connectivity index (χ4v) is 0.961. The van der Waals surface area contributed by atoms with Crippen molar-refractivity contribution < 1.29 is 9.53 Å². The molecule has 1 amide bonds. The van der Waals surface area contributed by atoms with E-state index in [4.69, 9.17) is 16.3 Å². The standard InChI is InChI=1S/C9H18ClNO2/c1-3-11(2)9(12)13-8-6-4-5-7-10/h3-8H2,1-2H3. The molecule has 0 rings (SSSR count). The Bertz CT molecular complexity index is 142. The zero-order valence-electron chi connectivity index (χ0n) is 8.38. The first-order valence-electron chi connectivity index (χ1n) is 4.66. The Hall–Kier alpha value is -0.440. The first kappa shape index (κ1) is 12.6. The molecule has 0 unspecified atom stereocenters. The van der Waals surface area contributed by atoms with E-state index in [9.17, 15) is 4.79 Å². The third kappa shape index (κ3) is 6.70. The molecule has 0 aliphatic carbocycles. The summed E-state index contributed by atoms with van der Waals surface area (Å²) in [6.45, 7) is 3.09. The highest BCUT2D eigenvalue weighted by atomic mass is 35.5. The number of carbonyl (C=O) groups is 1. The van der Waals surface area contributed by atoms with E-state index in [2.05, 4.69) is 0 Å². The van der Waals surface area contributed by atoms with Crippen LogP contribution in [0.3, 0.4) is 0 Å². The predicted molar refractivity (Wildman–Crippen MR) is 54.2 cm³/mol. The number of rotatable bonds is 6. The Balaban J connectivity index is 3.27. The molecule has 0 fully saturated rings. The largest absolute Gasteiger partial charge is 0.449 e. The van der Waals surface area contributed by atoms with Crippen LogP contribution in [0.2, 0.25) is 0 Å². The summed E-state index contributed by atoms with van der Waals surface area (Å²) in [5, 5.41) is 0. The Morgan fingerprint density at radius 1 is 1.38 bits per heavy atom. The van der Waals surface area contributed by atoms with Gasteiger partial charge in [0.05, 0.1) is 6.61 Å². The van der Waals surface area contributed by atoms with Crippen LogP contribution in [0, 0.1) is 0 Å². The highest BCUT2D eigenvalue weighted by molar-refractivity contribution is 6.17. The summed E-state index contributed by atoms with van der Waals surface area (Å²) < 4.78 is 4.99. The number of amides is 1. The maximum atomic E-state index is 11.1. The normalized spacial score (nSPS) is 9.77. The second-order valence-electron chi connectivity index (χ2n) is 2.88. The molecule has 0 bridgehead atoms. The molecular formula is C9H18ClNO2. The van der Waals surface area contributed by atoms with Crippen LogP contribution >= 0.6 is 11.6 Å². The average molecular weight is 208 g/mol. The van der Waals surface area contributed by atoms with E-state index in [1.807, 2.05) is 6.92 Å². The van der Waals surface area contributed by atoms with Crippen molar-refractivity contribution in [2.24, 2.45) is 0 Å². The third-order valence-electron chi connectivity index (χ3n) is 1.79. The molecule has 13 heavy (non-hydrogen) atoms. The summed E-state index contributed by atoms with van der Waals surface area (Å²) in [5.74, 6) is 0.683. The van der Waals surface area contributed by atoms with Crippen molar-refractivity contribution in [2.75, 3.05) is 26.1 Å². The van der Waals surface area contributed by atoms with E-state index in [0.717, 1.165) is 19.3 Å². The Morgan fingerprint density at radius 2 is 2.08 bits per heavy atom. The van der Waals surface area contributed by atoms with E-state index in [0.29, 0.717) is 19.0 Å². The van der Waals surface area contributed by atoms with Gasteiger partial charge in [-0.2, -0.15) is 0 Å². The molecule has 0 aliphatic heterocycles. The van der Waals surface area contributed by atoms with Gasteiger partial charge < -0.3 is 9.64 Å². The number of carbonyl (C=O) groups excluding carboxylic acids is 1. The lowest BCUT2D eigenvalue weighted by molar-refractivity contribution is 0.111. The van der Waals surface area contributed by atoms with Gasteiger partial charge in [-0.05, 0) is 26.2 Å². The fourth-order valence-electron chi connectivity index (χ4n) is 0.772. The summed E-state index contributed by atoms with van der Waals surface area (Å²) in [5.41, 5.74) is 0. The predicted octanol–water partition coefficient (Wildman–Crippen LogP) is 2.48. The highest BCUT2D eigenvalue weighted by Crippen LogP contribution is 1.98. The molecule has 78 valence electrons. The Morgan fingerprint density at radius 3 is 2.62 bits per heavy atom. The highest BCUT2D eigenvalue weighted by Gasteiger charge is 2.05. The van der Waals surface area contributed by atoms with Crippen molar-refractivity contribution in [3.63, 3.8) is 0 Å². The molecule has 0 atom stereocenters. The number of ether oxygens (including phenoxy) is 1. The molecule has 0 aliphatic rings. The smallest absolute Gasteiger partial charge is 0.409 e. The van der Waals surface area contributed by atoms with Gasteiger partial charge in [-0.1, -0.05) is 0 Å². The lowest BCUT2D eigenvalue weighted by Crippen LogP contribution is -2.27. The molecule has 0 radical (unpaired) electrons. The Kier molecular flexibility index (Phi) is 7.90. The first-order chi connectivity index (χ1) is 6.22. The molecule has 0 heterocycles. The van der Waals surface area contributed by atoms with Gasteiger partial charge in [0, 0.05) is 19.5 Å². The number of hydrogen-bond acceptors (Lipinski definition) is 2. The van der Waals surface area contributed by atoms with E-state index in [1.165, 1.54) is 0 Å². The van der Waals surface area contributed by atoms with Gasteiger partial charge in [0.25, 0.3) is 0 Å². The van der Waals surface area contributed by atoms with Crippen LogP contribution in [0.15, 0.2) is 0 Å². The maximum absolute atomic E-state index is 11.1. The minimum Gasteiger partial charge on any atom is -0.449 e. The van der Waals surface area contributed by atoms with Crippen molar-refractivity contribution in [3.8, 4) is 0 Å². The van der Waals surface area contributed by atoms with Gasteiger partial charge in [-0.3, -0.25) is 0 Å². The van der Waals surface area contributed by atoms with Crippen LogP contribution in [0.5, 0.6) is 0 Å². The lowest BCUT2D eigenvalue weighted by atomic mass is 10.3.